The lowest BCUT2D eigenvalue weighted by molar-refractivity contribution is -0.876. The van der Waals surface area contributed by atoms with Gasteiger partial charge in [-0.1, -0.05) is 0 Å². The van der Waals surface area contributed by atoms with E-state index < -0.39 is 9.61 Å². The number of rotatable bonds is 3. The molecule has 0 aromatic heterocycles. The van der Waals surface area contributed by atoms with Crippen molar-refractivity contribution in [3.8, 4) is 0 Å². The summed E-state index contributed by atoms with van der Waals surface area (Å²) in [5.41, 5.74) is 0. The second kappa shape index (κ2) is 5.44. The zero-order chi connectivity index (χ0) is 7.49. The summed E-state index contributed by atoms with van der Waals surface area (Å²) in [6, 6.07) is 0. The van der Waals surface area contributed by atoms with Gasteiger partial charge in [0, 0.05) is 0 Å². The predicted octanol–water partition coefficient (Wildman–Crippen LogP) is 2.52. The van der Waals surface area contributed by atoms with Crippen LogP contribution in [0, 0.1) is 5.21 Å². The van der Waals surface area contributed by atoms with Gasteiger partial charge in [0.25, 0.3) is 0 Å². The third-order valence-corrected chi connectivity index (χ3v) is 2.14. The van der Waals surface area contributed by atoms with Gasteiger partial charge < -0.3 is 9.85 Å². The molecule has 0 rings (SSSR count). The third-order valence-electron chi connectivity index (χ3n) is 1.43. The Balaban J connectivity index is 0. The predicted molar refractivity (Wildman–Crippen MR) is 47.5 cm³/mol. The van der Waals surface area contributed by atoms with Gasteiger partial charge in [-0.05, 0) is 37.0 Å². The van der Waals surface area contributed by atoms with Crippen molar-refractivity contribution in [2.75, 3.05) is 13.1 Å². The van der Waals surface area contributed by atoms with Crippen molar-refractivity contribution in [3.05, 3.63) is 5.21 Å². The molecule has 0 atom stereocenters. The molecule has 0 aliphatic rings. The van der Waals surface area contributed by atoms with Crippen molar-refractivity contribution in [1.82, 2.24) is 0 Å². The van der Waals surface area contributed by atoms with Crippen LogP contribution in [0.1, 0.15) is 13.8 Å². The summed E-state index contributed by atoms with van der Waals surface area (Å²) in [4.78, 5) is -0.847. The molecule has 5 heteroatoms. The minimum atomic E-state index is -0.847. The lowest BCUT2D eigenvalue weighted by atomic mass is 10.5. The van der Waals surface area contributed by atoms with Gasteiger partial charge in [-0.3, -0.25) is 0 Å². The number of alkyl halides is 2. The summed E-state index contributed by atoms with van der Waals surface area (Å²) < 4.78 is -0.525. The monoisotopic (exact) mass is 207 g/mol. The van der Waals surface area contributed by atoms with Crippen molar-refractivity contribution < 1.29 is 4.65 Å². The fourth-order valence-corrected chi connectivity index (χ4v) is 1.05. The minimum absolute atomic E-state index is 0. The van der Waals surface area contributed by atoms with E-state index in [1.807, 2.05) is 0 Å². The Morgan fingerprint density at radius 1 is 1.30 bits per heavy atom. The smallest absolute Gasteiger partial charge is 0.241 e. The SMILES string of the molecule is CC[N+]([O-])(CC)C(Cl)Cl.Cl. The van der Waals surface area contributed by atoms with Gasteiger partial charge in [0.1, 0.15) is 0 Å². The first-order valence-corrected chi connectivity index (χ1v) is 3.80. The second-order valence-electron chi connectivity index (χ2n) is 1.86. The highest BCUT2D eigenvalue weighted by Crippen LogP contribution is 2.17. The van der Waals surface area contributed by atoms with Crippen LogP contribution < -0.4 is 0 Å². The Bertz CT molecular complexity index is 85.0. The van der Waals surface area contributed by atoms with Gasteiger partial charge in [0.05, 0.1) is 13.1 Å². The van der Waals surface area contributed by atoms with Crippen molar-refractivity contribution in [2.45, 2.75) is 18.8 Å². The molecule has 0 aliphatic heterocycles. The Morgan fingerprint density at radius 3 is 1.60 bits per heavy atom. The summed E-state index contributed by atoms with van der Waals surface area (Å²) in [5, 5.41) is 11.2. The fraction of sp³-hybridized carbons (Fsp3) is 1.00. The molecule has 0 N–H and O–H groups in total. The highest BCUT2D eigenvalue weighted by molar-refractivity contribution is 6.43. The van der Waals surface area contributed by atoms with Crippen molar-refractivity contribution >= 4 is 35.6 Å². The maximum absolute atomic E-state index is 11.2. The lowest BCUT2D eigenvalue weighted by Crippen LogP contribution is -2.44. The molecule has 0 spiro atoms. The van der Waals surface area contributed by atoms with Crippen LogP contribution in [-0.4, -0.2) is 22.7 Å². The molecule has 0 amide bonds. The van der Waals surface area contributed by atoms with E-state index >= 15 is 0 Å². The van der Waals surface area contributed by atoms with Gasteiger partial charge in [-0.25, -0.2) is 0 Å². The van der Waals surface area contributed by atoms with E-state index in [9.17, 15) is 5.21 Å². The van der Waals surface area contributed by atoms with E-state index in [0.29, 0.717) is 13.1 Å². The van der Waals surface area contributed by atoms with Gasteiger partial charge >= 0.3 is 0 Å². The molecule has 0 fully saturated rings. The molecule has 2 nitrogen and oxygen atoms in total. The Kier molecular flexibility index (Phi) is 7.28. The quantitative estimate of drug-likeness (QED) is 0.302. The second-order valence-corrected chi connectivity index (χ2v) is 2.91. The van der Waals surface area contributed by atoms with E-state index in [1.165, 1.54) is 0 Å². The van der Waals surface area contributed by atoms with Gasteiger partial charge in [-0.2, -0.15) is 0 Å². The summed E-state index contributed by atoms with van der Waals surface area (Å²) in [5.74, 6) is 0. The highest BCUT2D eigenvalue weighted by atomic mass is 35.5. The first-order chi connectivity index (χ1) is 4.06. The average molecular weight is 209 g/mol. The Hall–Kier alpha value is 0.790. The molecule has 0 saturated heterocycles. The highest BCUT2D eigenvalue weighted by Gasteiger charge is 2.19. The van der Waals surface area contributed by atoms with Crippen LogP contribution in [-0.2, 0) is 0 Å². The molecule has 0 aliphatic carbocycles. The molecule has 0 heterocycles. The third kappa shape index (κ3) is 3.26. The van der Waals surface area contributed by atoms with Gasteiger partial charge in [0.15, 0.2) is 0 Å². The molecule has 0 saturated carbocycles. The number of halogens is 3. The Labute approximate surface area is 77.7 Å². The number of quaternary nitrogens is 1. The number of nitrogens with zero attached hydrogens (tertiary/aromatic N) is 1. The van der Waals surface area contributed by atoms with E-state index in [0.717, 1.165) is 0 Å². The zero-order valence-corrected chi connectivity index (χ0v) is 8.34. The summed E-state index contributed by atoms with van der Waals surface area (Å²) in [6.07, 6.45) is 0. The maximum atomic E-state index is 11.2. The fourth-order valence-electron chi connectivity index (χ4n) is 0.500. The molecule has 0 unspecified atom stereocenters. The molecule has 0 bridgehead atoms. The largest absolute Gasteiger partial charge is 0.631 e. The molecule has 0 aromatic rings. The lowest BCUT2D eigenvalue weighted by Gasteiger charge is -2.41. The van der Waals surface area contributed by atoms with E-state index in [-0.39, 0.29) is 12.4 Å². The number of hydrogen-bond donors (Lipinski definition) is 0. The molecule has 0 aromatic carbocycles. The van der Waals surface area contributed by atoms with Gasteiger partial charge in [-0.15, -0.1) is 12.4 Å². The molecular formula is C5H12Cl3NO. The summed E-state index contributed by atoms with van der Waals surface area (Å²) >= 11 is 10.8. The topological polar surface area (TPSA) is 23.1 Å². The molecular weight excluding hydrogens is 196 g/mol. The standard InChI is InChI=1S/C5H11Cl2NO.ClH/c1-3-8(9,4-2)5(6)7;/h5H,3-4H2,1-2H3;1H. The first kappa shape index (κ1) is 13.4. The maximum Gasteiger partial charge on any atom is 0.241 e. The van der Waals surface area contributed by atoms with E-state index in [4.69, 9.17) is 23.2 Å². The normalized spacial score (nSPS) is 11.4. The molecule has 10 heavy (non-hydrogen) atoms. The van der Waals surface area contributed by atoms with Crippen molar-refractivity contribution in [3.63, 3.8) is 0 Å². The van der Waals surface area contributed by atoms with Crippen LogP contribution in [0.25, 0.3) is 0 Å². The van der Waals surface area contributed by atoms with Gasteiger partial charge in [0.2, 0.25) is 4.96 Å². The molecule has 64 valence electrons. The van der Waals surface area contributed by atoms with Crippen LogP contribution in [0.2, 0.25) is 0 Å². The Morgan fingerprint density at radius 2 is 1.60 bits per heavy atom. The van der Waals surface area contributed by atoms with Crippen LogP contribution >= 0.6 is 35.6 Å². The minimum Gasteiger partial charge on any atom is -0.631 e. The van der Waals surface area contributed by atoms with Crippen LogP contribution in [0.15, 0.2) is 0 Å². The van der Waals surface area contributed by atoms with E-state index in [2.05, 4.69) is 0 Å². The number of hydrogen-bond acceptors (Lipinski definition) is 1. The van der Waals surface area contributed by atoms with Crippen LogP contribution in [0.3, 0.4) is 0 Å². The number of hydroxylamine groups is 3. The summed E-state index contributed by atoms with van der Waals surface area (Å²) in [7, 11) is 0. The first-order valence-electron chi connectivity index (χ1n) is 2.92. The van der Waals surface area contributed by atoms with Crippen LogP contribution in [0.4, 0.5) is 0 Å². The van der Waals surface area contributed by atoms with E-state index in [1.54, 1.807) is 13.8 Å². The van der Waals surface area contributed by atoms with Crippen molar-refractivity contribution in [1.29, 1.82) is 0 Å². The van der Waals surface area contributed by atoms with Crippen molar-refractivity contribution in [2.24, 2.45) is 0 Å². The summed E-state index contributed by atoms with van der Waals surface area (Å²) in [6.45, 7) is 4.39. The van der Waals surface area contributed by atoms with Crippen LogP contribution in [0.5, 0.6) is 0 Å². The average Bonchev–Trinajstić information content (AvgIpc) is 1.86. The zero-order valence-electron chi connectivity index (χ0n) is 6.01. The molecule has 0 radical (unpaired) electrons.